The first-order chi connectivity index (χ1) is 10.2. The molecular weight excluding hydrogens is 367 g/mol. The summed E-state index contributed by atoms with van der Waals surface area (Å²) in [4.78, 5) is 0. The standard InChI is InChI=1S/C6H9O2.3C4H9.Sn/c1-7-6-5-2-4(5)3-8-6;3*1-3-4-2;/h2,4-6H,3H2,1H3;3*1,3-4H2,2H3;/t4-,5-,6-;;;;/m1..../s1. The molecule has 2 fully saturated rings. The van der Waals surface area contributed by atoms with E-state index in [0.29, 0.717) is 0 Å². The predicted molar refractivity (Wildman–Crippen MR) is 92.4 cm³/mol. The Labute approximate surface area is 136 Å². The summed E-state index contributed by atoms with van der Waals surface area (Å²) in [6.45, 7) is 8.10. The Bertz CT molecular complexity index is 286. The molecule has 0 unspecified atom stereocenters. The van der Waals surface area contributed by atoms with Crippen LogP contribution in [-0.4, -0.2) is 38.4 Å². The summed E-state index contributed by atoms with van der Waals surface area (Å²) in [7, 11) is 1.84. The van der Waals surface area contributed by atoms with Gasteiger partial charge in [0.15, 0.2) is 0 Å². The molecule has 0 radical (unpaired) electrons. The Hall–Kier alpha value is 0.719. The molecule has 2 nitrogen and oxygen atoms in total. The number of rotatable bonds is 11. The quantitative estimate of drug-likeness (QED) is 0.427. The molecule has 1 heterocycles. The monoisotopic (exact) mass is 404 g/mol. The molecule has 0 amide bonds. The molecule has 0 bridgehead atoms. The van der Waals surface area contributed by atoms with Crippen LogP contribution in [0.2, 0.25) is 17.2 Å². The van der Waals surface area contributed by atoms with E-state index in [0.717, 1.165) is 22.4 Å². The van der Waals surface area contributed by atoms with Gasteiger partial charge in [-0.15, -0.1) is 0 Å². The van der Waals surface area contributed by atoms with Gasteiger partial charge in [-0.2, -0.15) is 0 Å². The molecule has 1 aliphatic heterocycles. The van der Waals surface area contributed by atoms with Crippen LogP contribution in [0.5, 0.6) is 0 Å². The van der Waals surface area contributed by atoms with Gasteiger partial charge in [0.2, 0.25) is 0 Å². The van der Waals surface area contributed by atoms with E-state index in [9.17, 15) is 0 Å². The van der Waals surface area contributed by atoms with Crippen molar-refractivity contribution in [1.82, 2.24) is 0 Å². The molecule has 0 aromatic carbocycles. The average molecular weight is 403 g/mol. The second-order valence-electron chi connectivity index (χ2n) is 7.38. The van der Waals surface area contributed by atoms with Crippen molar-refractivity contribution in [1.29, 1.82) is 0 Å². The number of hydrogen-bond donors (Lipinski definition) is 0. The molecule has 2 aliphatic rings. The van der Waals surface area contributed by atoms with Crippen LogP contribution in [-0.2, 0) is 9.47 Å². The normalized spacial score (nSPS) is 31.4. The maximum atomic E-state index is 5.81. The zero-order valence-electron chi connectivity index (χ0n) is 14.7. The Morgan fingerprint density at radius 2 is 1.48 bits per heavy atom. The fourth-order valence-electron chi connectivity index (χ4n) is 4.85. The Balaban J connectivity index is 2.09. The van der Waals surface area contributed by atoms with Crippen molar-refractivity contribution in [3.05, 3.63) is 0 Å². The zero-order chi connectivity index (χ0) is 15.3. The van der Waals surface area contributed by atoms with Crippen molar-refractivity contribution in [2.24, 2.45) is 11.8 Å². The second kappa shape index (κ2) is 8.54. The third kappa shape index (κ3) is 3.98. The van der Waals surface area contributed by atoms with Crippen LogP contribution in [0.15, 0.2) is 0 Å². The van der Waals surface area contributed by atoms with Gasteiger partial charge in [-0.1, -0.05) is 0 Å². The van der Waals surface area contributed by atoms with Gasteiger partial charge in [-0.05, 0) is 0 Å². The van der Waals surface area contributed by atoms with E-state index in [1.165, 1.54) is 38.5 Å². The van der Waals surface area contributed by atoms with E-state index in [4.69, 9.17) is 9.47 Å². The van der Waals surface area contributed by atoms with Crippen molar-refractivity contribution >= 4 is 18.4 Å². The van der Waals surface area contributed by atoms with E-state index in [1.54, 1.807) is 13.3 Å². The van der Waals surface area contributed by atoms with Crippen LogP contribution in [0.4, 0.5) is 0 Å². The molecule has 1 aliphatic carbocycles. The number of ether oxygens (including phenoxy) is 2. The number of methoxy groups -OCH3 is 1. The topological polar surface area (TPSA) is 18.5 Å². The molecule has 124 valence electrons. The van der Waals surface area contributed by atoms with E-state index in [1.807, 2.05) is 7.11 Å². The maximum absolute atomic E-state index is 5.81. The molecule has 4 atom stereocenters. The third-order valence-electron chi connectivity index (χ3n) is 6.02. The first kappa shape index (κ1) is 18.1. The minimum atomic E-state index is -2.02. The summed E-state index contributed by atoms with van der Waals surface area (Å²) in [5.74, 6) is 1.67. The first-order valence-electron chi connectivity index (χ1n) is 9.38. The van der Waals surface area contributed by atoms with Gasteiger partial charge in [-0.3, -0.25) is 0 Å². The van der Waals surface area contributed by atoms with Crippen LogP contribution < -0.4 is 0 Å². The van der Waals surface area contributed by atoms with Gasteiger partial charge in [0.25, 0.3) is 0 Å². The summed E-state index contributed by atoms with van der Waals surface area (Å²) in [6.07, 6.45) is 8.73. The zero-order valence-corrected chi connectivity index (χ0v) is 17.6. The molecular formula is C18H36O2Sn. The first-order valence-corrected chi connectivity index (χ1v) is 17.1. The van der Waals surface area contributed by atoms with Gasteiger partial charge < -0.3 is 0 Å². The Morgan fingerprint density at radius 3 is 1.90 bits per heavy atom. The van der Waals surface area contributed by atoms with Crippen LogP contribution in [0.3, 0.4) is 0 Å². The minimum absolute atomic E-state index is 0.140. The van der Waals surface area contributed by atoms with Crippen molar-refractivity contribution in [3.8, 4) is 0 Å². The number of hydrogen-bond acceptors (Lipinski definition) is 2. The summed E-state index contributed by atoms with van der Waals surface area (Å²) in [5, 5.41) is 0. The summed E-state index contributed by atoms with van der Waals surface area (Å²) in [5.41, 5.74) is 0. The molecule has 1 saturated heterocycles. The molecule has 3 heteroatoms. The molecule has 0 aromatic heterocycles. The van der Waals surface area contributed by atoms with E-state index < -0.39 is 18.4 Å². The number of unbranched alkanes of at least 4 members (excludes halogenated alkanes) is 3. The summed E-state index contributed by atoms with van der Waals surface area (Å²) >= 11 is -2.02. The van der Waals surface area contributed by atoms with Crippen LogP contribution in [0.1, 0.15) is 59.3 Å². The summed E-state index contributed by atoms with van der Waals surface area (Å²) in [6, 6.07) is 0. The molecule has 2 rings (SSSR count). The summed E-state index contributed by atoms with van der Waals surface area (Å²) < 4.78 is 17.4. The second-order valence-corrected chi connectivity index (χ2v) is 21.3. The predicted octanol–water partition coefficient (Wildman–Crippen LogP) is 5.45. The Kier molecular flexibility index (Phi) is 7.34. The van der Waals surface area contributed by atoms with Crippen molar-refractivity contribution in [3.63, 3.8) is 0 Å². The third-order valence-corrected chi connectivity index (χ3v) is 23.9. The fraction of sp³-hybridized carbons (Fsp3) is 1.00. The fourth-order valence-corrected chi connectivity index (χ4v) is 25.6. The molecule has 0 N–H and O–H groups in total. The molecule has 0 aromatic rings. The molecule has 0 spiro atoms. The van der Waals surface area contributed by atoms with Crippen molar-refractivity contribution in [2.45, 2.75) is 82.8 Å². The van der Waals surface area contributed by atoms with Crippen LogP contribution in [0.25, 0.3) is 0 Å². The van der Waals surface area contributed by atoms with Gasteiger partial charge in [-0.25, -0.2) is 0 Å². The van der Waals surface area contributed by atoms with E-state index in [-0.39, 0.29) is 6.29 Å². The van der Waals surface area contributed by atoms with E-state index in [2.05, 4.69) is 20.8 Å². The van der Waals surface area contributed by atoms with Gasteiger partial charge in [0, 0.05) is 0 Å². The average Bonchev–Trinajstić information content (AvgIpc) is 3.09. The van der Waals surface area contributed by atoms with Gasteiger partial charge in [0.1, 0.15) is 0 Å². The van der Waals surface area contributed by atoms with Crippen LogP contribution in [0, 0.1) is 11.8 Å². The Morgan fingerprint density at radius 1 is 0.952 bits per heavy atom. The molecule has 1 saturated carbocycles. The SMILES string of the molecule is CCC[CH2][Sn]([CH2]CCC)([CH2]CCC)[C@@H]1[C@@H]2CO[C@@H](OC)[C@@H]21. The van der Waals surface area contributed by atoms with Crippen LogP contribution >= 0.6 is 0 Å². The van der Waals surface area contributed by atoms with Crippen molar-refractivity contribution in [2.75, 3.05) is 13.7 Å². The molecule has 21 heavy (non-hydrogen) atoms. The van der Waals surface area contributed by atoms with E-state index >= 15 is 0 Å². The van der Waals surface area contributed by atoms with Gasteiger partial charge in [0.05, 0.1) is 0 Å². The number of fused-ring (bicyclic) bond motifs is 1. The van der Waals surface area contributed by atoms with Crippen molar-refractivity contribution < 1.29 is 9.47 Å². The van der Waals surface area contributed by atoms with Gasteiger partial charge >= 0.3 is 136 Å².